The number of benzene rings is 2. The quantitative estimate of drug-likeness (QED) is 0.517. The van der Waals surface area contributed by atoms with Gasteiger partial charge in [0.25, 0.3) is 5.91 Å². The minimum atomic E-state index is -2.10. The van der Waals surface area contributed by atoms with Crippen molar-refractivity contribution in [3.8, 4) is 0 Å². The number of carboxylic acid groups (broad SMARTS) is 1. The maximum absolute atomic E-state index is 12.9. The van der Waals surface area contributed by atoms with Gasteiger partial charge in [-0.3, -0.25) is 9.78 Å². The molecule has 3 rings (SSSR count). The number of aliphatic carboxylic acids is 1. The summed E-state index contributed by atoms with van der Waals surface area (Å²) in [5.41, 5.74) is 0.390. The first-order valence-corrected chi connectivity index (χ1v) is 9.41. The van der Waals surface area contributed by atoms with E-state index in [2.05, 4.69) is 10.3 Å². The van der Waals surface area contributed by atoms with E-state index >= 15 is 0 Å². The molecule has 3 aromatic rings. The second-order valence-electron chi connectivity index (χ2n) is 6.45. The summed E-state index contributed by atoms with van der Waals surface area (Å²) in [4.78, 5) is 53.6. The van der Waals surface area contributed by atoms with Gasteiger partial charge < -0.3 is 19.9 Å². The molecule has 0 bridgehead atoms. The highest BCUT2D eigenvalue weighted by Gasteiger charge is 2.41. The SMILES string of the molecule is O=C(O[C@@H](C(=O)O)[C@@H](OC(=O)c1ccccc1)C(=O)Nc1cccnc1)c1ccccc1. The van der Waals surface area contributed by atoms with Crippen LogP contribution in [-0.2, 0) is 19.1 Å². The Morgan fingerprint density at radius 1 is 0.750 bits per heavy atom. The summed E-state index contributed by atoms with van der Waals surface area (Å²) in [5, 5.41) is 12.1. The van der Waals surface area contributed by atoms with Gasteiger partial charge in [0, 0.05) is 6.20 Å². The molecule has 1 heterocycles. The van der Waals surface area contributed by atoms with E-state index < -0.39 is 36.0 Å². The highest BCUT2D eigenvalue weighted by atomic mass is 16.6. The fourth-order valence-corrected chi connectivity index (χ4v) is 2.66. The number of anilines is 1. The normalized spacial score (nSPS) is 12.1. The van der Waals surface area contributed by atoms with Crippen molar-refractivity contribution in [1.82, 2.24) is 4.98 Å². The molecule has 0 aliphatic heterocycles. The molecule has 0 aliphatic carbocycles. The third-order valence-electron chi connectivity index (χ3n) is 4.19. The van der Waals surface area contributed by atoms with Crippen LogP contribution < -0.4 is 5.32 Å². The minimum Gasteiger partial charge on any atom is -0.478 e. The van der Waals surface area contributed by atoms with E-state index in [0.29, 0.717) is 0 Å². The Balaban J connectivity index is 1.88. The number of rotatable bonds is 8. The Bertz CT molecular complexity index is 1090. The highest BCUT2D eigenvalue weighted by Crippen LogP contribution is 2.15. The summed E-state index contributed by atoms with van der Waals surface area (Å²) < 4.78 is 10.3. The van der Waals surface area contributed by atoms with Crippen LogP contribution in [-0.4, -0.2) is 46.1 Å². The molecule has 2 N–H and O–H groups in total. The Morgan fingerprint density at radius 3 is 1.75 bits per heavy atom. The van der Waals surface area contributed by atoms with Crippen LogP contribution in [0.5, 0.6) is 0 Å². The maximum Gasteiger partial charge on any atom is 0.349 e. The Hall–Kier alpha value is -4.53. The van der Waals surface area contributed by atoms with E-state index in [1.54, 1.807) is 42.5 Å². The van der Waals surface area contributed by atoms with Crippen molar-refractivity contribution in [2.45, 2.75) is 12.2 Å². The summed E-state index contributed by atoms with van der Waals surface area (Å²) in [7, 11) is 0. The smallest absolute Gasteiger partial charge is 0.349 e. The number of esters is 2. The lowest BCUT2D eigenvalue weighted by Gasteiger charge is -2.23. The Morgan fingerprint density at radius 2 is 1.28 bits per heavy atom. The summed E-state index contributed by atoms with van der Waals surface area (Å²) in [6, 6.07) is 18.4. The molecule has 0 unspecified atom stereocenters. The van der Waals surface area contributed by atoms with Crippen molar-refractivity contribution in [2.75, 3.05) is 5.32 Å². The third kappa shape index (κ3) is 5.76. The lowest BCUT2D eigenvalue weighted by Crippen LogP contribution is -2.48. The molecule has 32 heavy (non-hydrogen) atoms. The first-order chi connectivity index (χ1) is 15.5. The predicted octanol–water partition coefficient (Wildman–Crippen LogP) is 2.56. The van der Waals surface area contributed by atoms with Gasteiger partial charge in [0.1, 0.15) is 0 Å². The van der Waals surface area contributed by atoms with Crippen LogP contribution in [0.4, 0.5) is 5.69 Å². The average Bonchev–Trinajstić information content (AvgIpc) is 2.82. The summed E-state index contributed by atoms with van der Waals surface area (Å²) >= 11 is 0. The molecular formula is C23H18N2O7. The molecule has 9 nitrogen and oxygen atoms in total. The minimum absolute atomic E-state index is 0.0690. The number of nitrogens with zero attached hydrogens (tertiary/aromatic N) is 1. The third-order valence-corrected chi connectivity index (χ3v) is 4.19. The summed E-state index contributed by atoms with van der Waals surface area (Å²) in [6.45, 7) is 0. The van der Waals surface area contributed by atoms with E-state index in [4.69, 9.17) is 9.47 Å². The van der Waals surface area contributed by atoms with Crippen LogP contribution >= 0.6 is 0 Å². The molecule has 9 heteroatoms. The lowest BCUT2D eigenvalue weighted by atomic mass is 10.1. The molecule has 0 fully saturated rings. The first-order valence-electron chi connectivity index (χ1n) is 9.41. The molecule has 1 amide bonds. The predicted molar refractivity (Wildman–Crippen MR) is 112 cm³/mol. The Kier molecular flexibility index (Phi) is 7.26. The largest absolute Gasteiger partial charge is 0.478 e. The van der Waals surface area contributed by atoms with Crippen LogP contribution in [0.2, 0.25) is 0 Å². The van der Waals surface area contributed by atoms with Gasteiger partial charge in [-0.25, -0.2) is 14.4 Å². The summed E-state index contributed by atoms with van der Waals surface area (Å²) in [5.74, 6) is -4.62. The molecule has 0 saturated carbocycles. The second-order valence-corrected chi connectivity index (χ2v) is 6.45. The molecular weight excluding hydrogens is 416 g/mol. The number of hydrogen-bond donors (Lipinski definition) is 2. The number of carboxylic acids is 1. The molecule has 1 aromatic heterocycles. The van der Waals surface area contributed by atoms with Gasteiger partial charge in [-0.05, 0) is 36.4 Å². The number of carbonyl (C=O) groups excluding carboxylic acids is 3. The number of aromatic nitrogens is 1. The van der Waals surface area contributed by atoms with E-state index in [-0.39, 0.29) is 16.8 Å². The second kappa shape index (κ2) is 10.5. The van der Waals surface area contributed by atoms with Crippen molar-refractivity contribution in [2.24, 2.45) is 0 Å². The average molecular weight is 434 g/mol. The monoisotopic (exact) mass is 434 g/mol. The zero-order chi connectivity index (χ0) is 22.9. The number of amides is 1. The van der Waals surface area contributed by atoms with Crippen LogP contribution in [0.1, 0.15) is 20.7 Å². The van der Waals surface area contributed by atoms with Crippen LogP contribution in [0, 0.1) is 0 Å². The maximum atomic E-state index is 12.9. The first kappa shape index (κ1) is 22.2. The number of ether oxygens (including phenoxy) is 2. The van der Waals surface area contributed by atoms with Crippen molar-refractivity contribution in [3.63, 3.8) is 0 Å². The van der Waals surface area contributed by atoms with Gasteiger partial charge in [0.2, 0.25) is 12.2 Å². The van der Waals surface area contributed by atoms with Crippen molar-refractivity contribution >= 4 is 29.5 Å². The zero-order valence-electron chi connectivity index (χ0n) is 16.6. The highest BCUT2D eigenvalue weighted by molar-refractivity contribution is 6.01. The Labute approximate surface area is 182 Å². The van der Waals surface area contributed by atoms with Gasteiger partial charge >= 0.3 is 17.9 Å². The van der Waals surface area contributed by atoms with Crippen LogP contribution in [0.25, 0.3) is 0 Å². The van der Waals surface area contributed by atoms with Crippen LogP contribution in [0.15, 0.2) is 85.2 Å². The number of hydrogen-bond acceptors (Lipinski definition) is 7. The molecule has 0 aliphatic rings. The van der Waals surface area contributed by atoms with E-state index in [0.717, 1.165) is 0 Å². The van der Waals surface area contributed by atoms with Gasteiger partial charge in [0.05, 0.1) is 23.0 Å². The van der Waals surface area contributed by atoms with Crippen LogP contribution in [0.3, 0.4) is 0 Å². The molecule has 162 valence electrons. The fraction of sp³-hybridized carbons (Fsp3) is 0.0870. The van der Waals surface area contributed by atoms with E-state index in [1.807, 2.05) is 0 Å². The zero-order valence-corrected chi connectivity index (χ0v) is 16.6. The van der Waals surface area contributed by atoms with Crippen molar-refractivity contribution in [3.05, 3.63) is 96.3 Å². The fourth-order valence-electron chi connectivity index (χ4n) is 2.66. The van der Waals surface area contributed by atoms with Gasteiger partial charge in [-0.2, -0.15) is 0 Å². The number of carbonyl (C=O) groups is 4. The van der Waals surface area contributed by atoms with Gasteiger partial charge in [0.15, 0.2) is 0 Å². The van der Waals surface area contributed by atoms with Gasteiger partial charge in [-0.1, -0.05) is 36.4 Å². The van der Waals surface area contributed by atoms with E-state index in [1.165, 1.54) is 42.7 Å². The van der Waals surface area contributed by atoms with Gasteiger partial charge in [-0.15, -0.1) is 0 Å². The number of pyridine rings is 1. The van der Waals surface area contributed by atoms with Crippen molar-refractivity contribution in [1.29, 1.82) is 0 Å². The van der Waals surface area contributed by atoms with Crippen molar-refractivity contribution < 1.29 is 33.8 Å². The molecule has 2 atom stereocenters. The molecule has 0 spiro atoms. The molecule has 2 aromatic carbocycles. The summed E-state index contributed by atoms with van der Waals surface area (Å²) in [6.07, 6.45) is -1.29. The van der Waals surface area contributed by atoms with E-state index in [9.17, 15) is 24.3 Å². The molecule has 0 radical (unpaired) electrons. The molecule has 0 saturated heterocycles. The lowest BCUT2D eigenvalue weighted by molar-refractivity contribution is -0.157. The topological polar surface area (TPSA) is 132 Å². The number of nitrogens with one attached hydrogen (secondary N) is 1. The standard InChI is InChI=1S/C23H18N2O7/c26-20(25-17-12-7-13-24-14-17)18(31-22(29)15-8-3-1-4-9-15)19(21(27)28)32-23(30)16-10-5-2-6-11-16/h1-14,18-19H,(H,25,26)(H,27,28)/t18-,19-/m1/s1.